The molecule has 1 rings (SSSR count). The van der Waals surface area contributed by atoms with Crippen LogP contribution in [-0.2, 0) is 0 Å². The number of rotatable bonds is 7. The maximum Gasteiger partial charge on any atom is 0.00507 e. The molecule has 0 aromatic carbocycles. The van der Waals surface area contributed by atoms with E-state index in [1.165, 1.54) is 45.3 Å². The summed E-state index contributed by atoms with van der Waals surface area (Å²) in [7, 11) is 0. The average molecular weight is 226 g/mol. The molecule has 1 heterocycles. The number of likely N-dealkylation sites (tertiary alicyclic amines) is 1. The predicted molar refractivity (Wildman–Crippen MR) is 71.8 cm³/mol. The molecule has 0 aromatic heterocycles. The van der Waals surface area contributed by atoms with E-state index in [4.69, 9.17) is 0 Å². The zero-order chi connectivity index (χ0) is 12.0. The van der Waals surface area contributed by atoms with E-state index in [1.54, 1.807) is 0 Å². The molecule has 2 heteroatoms. The standard InChI is InChI=1S/C14H30N2/c1-5-14(6-2)9-11-16(12-14)10-8-13(4)15-7-3/h13,15H,5-12H2,1-4H3. The quantitative estimate of drug-likeness (QED) is 0.718. The van der Waals surface area contributed by atoms with Gasteiger partial charge in [-0.15, -0.1) is 0 Å². The molecule has 0 saturated carbocycles. The number of hydrogen-bond donors (Lipinski definition) is 1. The van der Waals surface area contributed by atoms with Crippen LogP contribution >= 0.6 is 0 Å². The van der Waals surface area contributed by atoms with Crippen molar-refractivity contribution in [2.75, 3.05) is 26.2 Å². The molecular formula is C14H30N2. The first-order chi connectivity index (χ1) is 7.65. The Morgan fingerprint density at radius 3 is 2.44 bits per heavy atom. The summed E-state index contributed by atoms with van der Waals surface area (Å²) in [5.74, 6) is 0. The van der Waals surface area contributed by atoms with Crippen LogP contribution in [0.15, 0.2) is 0 Å². The monoisotopic (exact) mass is 226 g/mol. The fourth-order valence-corrected chi connectivity index (χ4v) is 2.87. The van der Waals surface area contributed by atoms with Gasteiger partial charge < -0.3 is 10.2 Å². The van der Waals surface area contributed by atoms with Crippen LogP contribution in [0.3, 0.4) is 0 Å². The highest BCUT2D eigenvalue weighted by molar-refractivity contribution is 4.88. The van der Waals surface area contributed by atoms with Crippen LogP contribution < -0.4 is 5.32 Å². The van der Waals surface area contributed by atoms with Crippen molar-refractivity contribution in [1.82, 2.24) is 10.2 Å². The minimum Gasteiger partial charge on any atom is -0.314 e. The molecule has 0 aliphatic carbocycles. The highest BCUT2D eigenvalue weighted by atomic mass is 15.2. The van der Waals surface area contributed by atoms with E-state index in [0.29, 0.717) is 11.5 Å². The van der Waals surface area contributed by atoms with Crippen molar-refractivity contribution in [3.63, 3.8) is 0 Å². The largest absolute Gasteiger partial charge is 0.314 e. The van der Waals surface area contributed by atoms with Gasteiger partial charge in [0.15, 0.2) is 0 Å². The van der Waals surface area contributed by atoms with Crippen LogP contribution in [0.1, 0.15) is 53.4 Å². The molecule has 1 aliphatic heterocycles. The SMILES string of the molecule is CCNC(C)CCN1CCC(CC)(CC)C1. The molecule has 0 amide bonds. The van der Waals surface area contributed by atoms with E-state index in [2.05, 4.69) is 37.9 Å². The first-order valence-corrected chi connectivity index (χ1v) is 7.11. The van der Waals surface area contributed by atoms with Crippen LogP contribution in [0.4, 0.5) is 0 Å². The molecule has 1 aliphatic rings. The van der Waals surface area contributed by atoms with Gasteiger partial charge in [0.2, 0.25) is 0 Å². The van der Waals surface area contributed by atoms with Crippen molar-refractivity contribution in [3.05, 3.63) is 0 Å². The third kappa shape index (κ3) is 3.74. The minimum absolute atomic E-state index is 0.640. The second-order valence-corrected chi connectivity index (χ2v) is 5.48. The Morgan fingerprint density at radius 1 is 1.25 bits per heavy atom. The molecule has 0 bridgehead atoms. The van der Waals surface area contributed by atoms with Crippen LogP contribution in [0, 0.1) is 5.41 Å². The van der Waals surface area contributed by atoms with Crippen molar-refractivity contribution in [2.24, 2.45) is 5.41 Å². The smallest absolute Gasteiger partial charge is 0.00507 e. The molecule has 0 aromatic rings. The second-order valence-electron chi connectivity index (χ2n) is 5.48. The lowest BCUT2D eigenvalue weighted by Crippen LogP contribution is -2.32. The summed E-state index contributed by atoms with van der Waals surface area (Å²) >= 11 is 0. The van der Waals surface area contributed by atoms with E-state index in [0.717, 1.165) is 6.54 Å². The van der Waals surface area contributed by atoms with Crippen molar-refractivity contribution in [2.45, 2.75) is 59.4 Å². The van der Waals surface area contributed by atoms with Gasteiger partial charge in [-0.1, -0.05) is 20.8 Å². The van der Waals surface area contributed by atoms with Gasteiger partial charge in [-0.3, -0.25) is 0 Å². The molecule has 1 unspecified atom stereocenters. The van der Waals surface area contributed by atoms with E-state index in [1.807, 2.05) is 0 Å². The zero-order valence-corrected chi connectivity index (χ0v) is 11.7. The molecule has 0 radical (unpaired) electrons. The second kappa shape index (κ2) is 6.61. The predicted octanol–water partition coefficient (Wildman–Crippen LogP) is 2.89. The molecule has 1 saturated heterocycles. The van der Waals surface area contributed by atoms with Gasteiger partial charge in [0.25, 0.3) is 0 Å². The Bertz CT molecular complexity index is 187. The van der Waals surface area contributed by atoms with E-state index < -0.39 is 0 Å². The van der Waals surface area contributed by atoms with Crippen molar-refractivity contribution in [1.29, 1.82) is 0 Å². The third-order valence-corrected chi connectivity index (χ3v) is 4.45. The van der Waals surface area contributed by atoms with Crippen LogP contribution in [0.2, 0.25) is 0 Å². The van der Waals surface area contributed by atoms with Gasteiger partial charge in [-0.05, 0) is 57.7 Å². The number of nitrogens with zero attached hydrogens (tertiary/aromatic N) is 1. The van der Waals surface area contributed by atoms with Gasteiger partial charge in [-0.2, -0.15) is 0 Å². The molecule has 96 valence electrons. The summed E-state index contributed by atoms with van der Waals surface area (Å²) in [6.07, 6.45) is 5.40. The lowest BCUT2D eigenvalue weighted by molar-refractivity contribution is 0.234. The Kier molecular flexibility index (Phi) is 5.77. The normalized spacial score (nSPS) is 22.5. The number of nitrogens with one attached hydrogen (secondary N) is 1. The van der Waals surface area contributed by atoms with Crippen LogP contribution in [0.5, 0.6) is 0 Å². The molecule has 16 heavy (non-hydrogen) atoms. The maximum atomic E-state index is 3.49. The molecular weight excluding hydrogens is 196 g/mol. The maximum absolute atomic E-state index is 3.49. The number of hydrogen-bond acceptors (Lipinski definition) is 2. The van der Waals surface area contributed by atoms with Gasteiger partial charge in [0, 0.05) is 12.6 Å². The Labute approximate surface area is 102 Å². The van der Waals surface area contributed by atoms with Crippen molar-refractivity contribution in [3.8, 4) is 0 Å². The fourth-order valence-electron chi connectivity index (χ4n) is 2.87. The van der Waals surface area contributed by atoms with Gasteiger partial charge >= 0.3 is 0 Å². The first-order valence-electron chi connectivity index (χ1n) is 7.11. The topological polar surface area (TPSA) is 15.3 Å². The summed E-state index contributed by atoms with van der Waals surface area (Å²) in [5, 5.41) is 3.49. The molecule has 0 spiro atoms. The minimum atomic E-state index is 0.640. The molecule has 2 nitrogen and oxygen atoms in total. The Balaban J connectivity index is 2.26. The van der Waals surface area contributed by atoms with E-state index in [-0.39, 0.29) is 0 Å². The zero-order valence-electron chi connectivity index (χ0n) is 11.7. The Morgan fingerprint density at radius 2 is 1.94 bits per heavy atom. The Hall–Kier alpha value is -0.0800. The van der Waals surface area contributed by atoms with Gasteiger partial charge in [0.05, 0.1) is 0 Å². The van der Waals surface area contributed by atoms with Crippen LogP contribution in [0.25, 0.3) is 0 Å². The summed E-state index contributed by atoms with van der Waals surface area (Å²) < 4.78 is 0. The fraction of sp³-hybridized carbons (Fsp3) is 1.00. The van der Waals surface area contributed by atoms with Crippen molar-refractivity contribution >= 4 is 0 Å². The first kappa shape index (κ1) is 14.0. The summed E-state index contributed by atoms with van der Waals surface area (Å²) in [6.45, 7) is 14.2. The lowest BCUT2D eigenvalue weighted by Gasteiger charge is -2.27. The highest BCUT2D eigenvalue weighted by Crippen LogP contribution is 2.36. The van der Waals surface area contributed by atoms with Gasteiger partial charge in [0.1, 0.15) is 0 Å². The van der Waals surface area contributed by atoms with E-state index >= 15 is 0 Å². The summed E-state index contributed by atoms with van der Waals surface area (Å²) in [5.41, 5.74) is 0.640. The van der Waals surface area contributed by atoms with E-state index in [9.17, 15) is 0 Å². The lowest BCUT2D eigenvalue weighted by atomic mass is 9.82. The molecule has 1 N–H and O–H groups in total. The third-order valence-electron chi connectivity index (χ3n) is 4.45. The highest BCUT2D eigenvalue weighted by Gasteiger charge is 2.34. The molecule has 1 atom stereocenters. The molecule has 1 fully saturated rings. The van der Waals surface area contributed by atoms with Gasteiger partial charge in [-0.25, -0.2) is 0 Å². The van der Waals surface area contributed by atoms with Crippen LogP contribution in [-0.4, -0.2) is 37.1 Å². The summed E-state index contributed by atoms with van der Waals surface area (Å²) in [4.78, 5) is 2.67. The summed E-state index contributed by atoms with van der Waals surface area (Å²) in [6, 6.07) is 0.670. The van der Waals surface area contributed by atoms with Crippen molar-refractivity contribution < 1.29 is 0 Å². The average Bonchev–Trinajstić information content (AvgIpc) is 2.71.